The first-order valence-electron chi connectivity index (χ1n) is 3.97. The van der Waals surface area contributed by atoms with E-state index in [1.165, 1.54) is 5.38 Å². The summed E-state index contributed by atoms with van der Waals surface area (Å²) in [6.07, 6.45) is -13.9. The summed E-state index contributed by atoms with van der Waals surface area (Å²) < 4.78 is 73.5. The molecule has 0 saturated heterocycles. The lowest BCUT2D eigenvalue weighted by Crippen LogP contribution is -2.41. The van der Waals surface area contributed by atoms with Crippen molar-refractivity contribution in [3.63, 3.8) is 0 Å². The highest BCUT2D eigenvalue weighted by molar-refractivity contribution is 7.08. The van der Waals surface area contributed by atoms with Gasteiger partial charge in [0.2, 0.25) is 0 Å². The molecule has 0 aliphatic rings. The van der Waals surface area contributed by atoms with Gasteiger partial charge in [0, 0.05) is 0 Å². The van der Waals surface area contributed by atoms with Crippen LogP contribution in [0.4, 0.5) is 26.3 Å². The lowest BCUT2D eigenvalue weighted by molar-refractivity contribution is -0.254. The van der Waals surface area contributed by atoms with Crippen LogP contribution in [-0.2, 0) is 0 Å². The third-order valence-corrected chi connectivity index (χ3v) is 2.61. The Morgan fingerprint density at radius 1 is 1.06 bits per heavy atom. The fraction of sp³-hybridized carbons (Fsp3) is 0.500. The van der Waals surface area contributed by atoms with E-state index in [1.54, 1.807) is 0 Å². The minimum atomic E-state index is -5.30. The third-order valence-electron chi connectivity index (χ3n) is 1.91. The Labute approximate surface area is 90.3 Å². The second kappa shape index (κ2) is 4.25. The molecule has 0 saturated carbocycles. The van der Waals surface area contributed by atoms with E-state index in [0.717, 1.165) is 22.8 Å². The first-order chi connectivity index (χ1) is 7.14. The molecule has 0 amide bonds. The minimum absolute atomic E-state index is 0.581. The van der Waals surface area contributed by atoms with Crippen molar-refractivity contribution in [3.05, 3.63) is 22.4 Å². The molecule has 8 heteroatoms. The van der Waals surface area contributed by atoms with E-state index >= 15 is 0 Å². The van der Waals surface area contributed by atoms with Gasteiger partial charge in [-0.3, -0.25) is 0 Å². The van der Waals surface area contributed by atoms with Crippen molar-refractivity contribution in [3.8, 4) is 0 Å². The zero-order chi connectivity index (χ0) is 12.6. The van der Waals surface area contributed by atoms with Gasteiger partial charge in [0.25, 0.3) is 0 Å². The molecule has 1 aromatic rings. The average molecular weight is 264 g/mol. The number of halogens is 6. The van der Waals surface area contributed by atoms with Crippen LogP contribution in [0.5, 0.6) is 0 Å². The van der Waals surface area contributed by atoms with Crippen LogP contribution in [0, 0.1) is 0 Å². The third kappa shape index (κ3) is 2.88. The summed E-state index contributed by atoms with van der Waals surface area (Å²) in [4.78, 5) is 0. The summed E-state index contributed by atoms with van der Waals surface area (Å²) in [6, 6.07) is 0.914. The van der Waals surface area contributed by atoms with E-state index in [0.29, 0.717) is 0 Å². The van der Waals surface area contributed by atoms with Gasteiger partial charge in [0.1, 0.15) is 5.92 Å². The van der Waals surface area contributed by atoms with Crippen molar-refractivity contribution in [1.82, 2.24) is 0 Å². The van der Waals surface area contributed by atoms with Gasteiger partial charge in [0.15, 0.2) is 6.10 Å². The highest BCUT2D eigenvalue weighted by Crippen LogP contribution is 2.43. The predicted octanol–water partition coefficient (Wildman–Crippen LogP) is 3.32. The Morgan fingerprint density at radius 3 is 1.94 bits per heavy atom. The van der Waals surface area contributed by atoms with Gasteiger partial charge in [-0.15, -0.1) is 0 Å². The van der Waals surface area contributed by atoms with E-state index in [1.807, 2.05) is 0 Å². The fourth-order valence-corrected chi connectivity index (χ4v) is 1.89. The SMILES string of the molecule is OC(C(c1ccsc1)C(F)(F)F)C(F)(F)F. The molecule has 0 spiro atoms. The van der Waals surface area contributed by atoms with Crippen LogP contribution in [0.3, 0.4) is 0 Å². The first kappa shape index (κ1) is 13.3. The lowest BCUT2D eigenvalue weighted by atomic mass is 9.95. The zero-order valence-electron chi connectivity index (χ0n) is 7.51. The number of aliphatic hydroxyl groups is 1. The van der Waals surface area contributed by atoms with Gasteiger partial charge in [-0.2, -0.15) is 37.7 Å². The fourth-order valence-electron chi connectivity index (χ4n) is 1.19. The molecule has 0 aromatic carbocycles. The van der Waals surface area contributed by atoms with E-state index in [2.05, 4.69) is 0 Å². The molecule has 0 aliphatic carbocycles. The smallest absolute Gasteiger partial charge is 0.383 e. The Hall–Kier alpha value is -0.760. The van der Waals surface area contributed by atoms with Gasteiger partial charge in [0.05, 0.1) is 0 Å². The monoisotopic (exact) mass is 264 g/mol. The van der Waals surface area contributed by atoms with Crippen LogP contribution in [0.2, 0.25) is 0 Å². The normalized spacial score (nSPS) is 17.2. The van der Waals surface area contributed by atoms with Crippen LogP contribution in [0.25, 0.3) is 0 Å². The van der Waals surface area contributed by atoms with Gasteiger partial charge < -0.3 is 5.11 Å². The quantitative estimate of drug-likeness (QED) is 0.812. The zero-order valence-corrected chi connectivity index (χ0v) is 8.33. The maximum atomic E-state index is 12.4. The summed E-state index contributed by atoms with van der Waals surface area (Å²) in [5.74, 6) is -2.93. The highest BCUT2D eigenvalue weighted by Gasteiger charge is 2.55. The van der Waals surface area contributed by atoms with Crippen LogP contribution in [0.1, 0.15) is 11.5 Å². The largest absolute Gasteiger partial charge is 0.415 e. The van der Waals surface area contributed by atoms with Crippen molar-refractivity contribution >= 4 is 11.3 Å². The molecule has 1 nitrogen and oxygen atoms in total. The molecule has 0 radical (unpaired) electrons. The maximum Gasteiger partial charge on any atom is 0.415 e. The van der Waals surface area contributed by atoms with Crippen LogP contribution in [0.15, 0.2) is 16.8 Å². The van der Waals surface area contributed by atoms with Gasteiger partial charge in [-0.1, -0.05) is 0 Å². The molecule has 0 bridgehead atoms. The topological polar surface area (TPSA) is 20.2 Å². The molecule has 1 heterocycles. The van der Waals surface area contributed by atoms with Crippen LogP contribution in [-0.4, -0.2) is 23.6 Å². The van der Waals surface area contributed by atoms with Crippen molar-refractivity contribution < 1.29 is 31.4 Å². The Bertz CT molecular complexity index is 327. The van der Waals surface area contributed by atoms with E-state index in [4.69, 9.17) is 5.11 Å². The number of hydrogen-bond acceptors (Lipinski definition) is 2. The second-order valence-corrected chi connectivity index (χ2v) is 3.84. The molecule has 0 fully saturated rings. The number of hydrogen-bond donors (Lipinski definition) is 1. The van der Waals surface area contributed by atoms with Gasteiger partial charge >= 0.3 is 12.4 Å². The summed E-state index contributed by atoms with van der Waals surface area (Å²) in [5.41, 5.74) is -0.581. The Morgan fingerprint density at radius 2 is 1.62 bits per heavy atom. The summed E-state index contributed by atoms with van der Waals surface area (Å²) >= 11 is 0.834. The molecule has 1 N–H and O–H groups in total. The number of rotatable bonds is 2. The van der Waals surface area contributed by atoms with Crippen molar-refractivity contribution in [2.45, 2.75) is 24.4 Å². The Kier molecular flexibility index (Phi) is 3.53. The number of aliphatic hydroxyl groups excluding tert-OH is 1. The van der Waals surface area contributed by atoms with Gasteiger partial charge in [-0.05, 0) is 22.4 Å². The lowest BCUT2D eigenvalue weighted by Gasteiger charge is -2.26. The molecular weight excluding hydrogens is 258 g/mol. The van der Waals surface area contributed by atoms with Crippen molar-refractivity contribution in [2.75, 3.05) is 0 Å². The van der Waals surface area contributed by atoms with Gasteiger partial charge in [-0.25, -0.2) is 0 Å². The molecule has 2 unspecified atom stereocenters. The minimum Gasteiger partial charge on any atom is -0.383 e. The molecule has 0 aliphatic heterocycles. The van der Waals surface area contributed by atoms with Crippen LogP contribution < -0.4 is 0 Å². The first-order valence-corrected chi connectivity index (χ1v) is 4.92. The molecule has 92 valence electrons. The predicted molar refractivity (Wildman–Crippen MR) is 45.2 cm³/mol. The van der Waals surface area contributed by atoms with E-state index < -0.39 is 29.9 Å². The maximum absolute atomic E-state index is 12.4. The molecular formula is C8H6F6OS. The molecule has 1 rings (SSSR count). The van der Waals surface area contributed by atoms with Crippen LogP contribution >= 0.6 is 11.3 Å². The standard InChI is InChI=1S/C8H6F6OS/c9-7(10,11)5(4-1-2-16-3-4)6(15)8(12,13)14/h1-3,5-6,15H. The second-order valence-electron chi connectivity index (χ2n) is 3.06. The molecule has 16 heavy (non-hydrogen) atoms. The van der Waals surface area contributed by atoms with Crippen molar-refractivity contribution in [2.24, 2.45) is 0 Å². The highest BCUT2D eigenvalue weighted by atomic mass is 32.1. The summed E-state index contributed by atoms with van der Waals surface area (Å²) in [7, 11) is 0. The molecule has 1 aromatic heterocycles. The number of thiophene rings is 1. The van der Waals surface area contributed by atoms with Crippen molar-refractivity contribution in [1.29, 1.82) is 0 Å². The molecule has 2 atom stereocenters. The average Bonchev–Trinajstić information content (AvgIpc) is 2.52. The summed E-state index contributed by atoms with van der Waals surface area (Å²) in [6.45, 7) is 0. The summed E-state index contributed by atoms with van der Waals surface area (Å²) in [5, 5.41) is 10.9. The Balaban J connectivity index is 3.08. The van der Waals surface area contributed by atoms with E-state index in [-0.39, 0.29) is 0 Å². The number of alkyl halides is 6. The van der Waals surface area contributed by atoms with E-state index in [9.17, 15) is 26.3 Å².